The molecule has 2 N–H and O–H groups in total. The summed E-state index contributed by atoms with van der Waals surface area (Å²) in [5, 5.41) is 0. The summed E-state index contributed by atoms with van der Waals surface area (Å²) in [6.07, 6.45) is 12.9. The topological polar surface area (TPSA) is 29.3 Å². The van der Waals surface area contributed by atoms with Crippen LogP contribution in [0.25, 0.3) is 0 Å². The van der Waals surface area contributed by atoms with Gasteiger partial charge >= 0.3 is 0 Å². The average molecular weight is 224 g/mol. The second-order valence-electron chi connectivity index (χ2n) is 5.74. The number of likely N-dealkylation sites (tertiary alicyclic amines) is 1. The van der Waals surface area contributed by atoms with E-state index in [1.165, 1.54) is 70.9 Å². The molecule has 0 bridgehead atoms. The van der Waals surface area contributed by atoms with Crippen LogP contribution in [0.15, 0.2) is 0 Å². The summed E-state index contributed by atoms with van der Waals surface area (Å²) in [5.41, 5.74) is 5.82. The van der Waals surface area contributed by atoms with Crippen molar-refractivity contribution >= 4 is 0 Å². The van der Waals surface area contributed by atoms with Crippen LogP contribution in [0.2, 0.25) is 0 Å². The third-order valence-corrected chi connectivity index (χ3v) is 4.47. The molecule has 2 aliphatic rings. The minimum Gasteiger partial charge on any atom is -0.330 e. The average Bonchev–Trinajstić information content (AvgIpc) is 2.29. The van der Waals surface area contributed by atoms with Crippen LogP contribution >= 0.6 is 0 Å². The summed E-state index contributed by atoms with van der Waals surface area (Å²) < 4.78 is 0. The van der Waals surface area contributed by atoms with Crippen molar-refractivity contribution in [2.45, 2.75) is 63.8 Å². The minimum atomic E-state index is 0.777. The maximum absolute atomic E-state index is 5.82. The second-order valence-corrected chi connectivity index (χ2v) is 5.74. The van der Waals surface area contributed by atoms with Gasteiger partial charge in [0.1, 0.15) is 0 Å². The number of nitrogens with two attached hydrogens (primary N) is 1. The van der Waals surface area contributed by atoms with Crippen molar-refractivity contribution in [3.63, 3.8) is 0 Å². The van der Waals surface area contributed by atoms with Gasteiger partial charge in [0.25, 0.3) is 0 Å². The minimum absolute atomic E-state index is 0.777. The third kappa shape index (κ3) is 3.46. The van der Waals surface area contributed by atoms with Gasteiger partial charge < -0.3 is 10.6 Å². The fourth-order valence-corrected chi connectivity index (χ4v) is 3.42. The summed E-state index contributed by atoms with van der Waals surface area (Å²) in [5.74, 6) is 0.777. The van der Waals surface area contributed by atoms with Crippen LogP contribution in [0.1, 0.15) is 57.8 Å². The van der Waals surface area contributed by atoms with Crippen molar-refractivity contribution in [1.82, 2.24) is 4.90 Å². The Kier molecular flexibility index (Phi) is 5.11. The van der Waals surface area contributed by atoms with Gasteiger partial charge in [-0.05, 0) is 44.7 Å². The van der Waals surface area contributed by atoms with Gasteiger partial charge in [0.05, 0.1) is 0 Å². The first-order chi connectivity index (χ1) is 7.90. The largest absolute Gasteiger partial charge is 0.330 e. The molecule has 1 atom stereocenters. The number of nitrogens with zero attached hydrogens (tertiary/aromatic N) is 1. The molecule has 2 fully saturated rings. The van der Waals surface area contributed by atoms with Crippen molar-refractivity contribution in [2.75, 3.05) is 19.6 Å². The van der Waals surface area contributed by atoms with Gasteiger partial charge in [0.2, 0.25) is 0 Å². The zero-order valence-corrected chi connectivity index (χ0v) is 10.7. The van der Waals surface area contributed by atoms with Crippen LogP contribution in [-0.4, -0.2) is 30.6 Å². The molecular formula is C14H28N2. The SMILES string of the molecule is NCC1CCCN(C2CCCCCCC2)C1. The van der Waals surface area contributed by atoms with Crippen LogP contribution < -0.4 is 5.73 Å². The maximum Gasteiger partial charge on any atom is 0.00953 e. The van der Waals surface area contributed by atoms with E-state index in [9.17, 15) is 0 Å². The molecule has 0 amide bonds. The normalized spacial score (nSPS) is 30.9. The smallest absolute Gasteiger partial charge is 0.00953 e. The van der Waals surface area contributed by atoms with Crippen LogP contribution in [0.5, 0.6) is 0 Å². The van der Waals surface area contributed by atoms with Gasteiger partial charge in [0.15, 0.2) is 0 Å². The summed E-state index contributed by atoms with van der Waals surface area (Å²) in [4.78, 5) is 2.76. The molecule has 1 aliphatic carbocycles. The Balaban J connectivity index is 1.83. The van der Waals surface area contributed by atoms with E-state index < -0.39 is 0 Å². The Bertz CT molecular complexity index is 185. The molecular weight excluding hydrogens is 196 g/mol. The molecule has 0 aromatic rings. The predicted molar refractivity (Wildman–Crippen MR) is 69.5 cm³/mol. The quantitative estimate of drug-likeness (QED) is 0.781. The summed E-state index contributed by atoms with van der Waals surface area (Å²) in [7, 11) is 0. The van der Waals surface area contributed by atoms with E-state index in [0.29, 0.717) is 0 Å². The van der Waals surface area contributed by atoms with Crippen molar-refractivity contribution in [3.05, 3.63) is 0 Å². The lowest BCUT2D eigenvalue weighted by Crippen LogP contribution is -2.44. The maximum atomic E-state index is 5.82. The zero-order chi connectivity index (χ0) is 11.2. The Morgan fingerprint density at radius 3 is 2.25 bits per heavy atom. The van der Waals surface area contributed by atoms with Gasteiger partial charge in [0, 0.05) is 12.6 Å². The number of hydrogen-bond donors (Lipinski definition) is 1. The Labute approximate surface area is 101 Å². The van der Waals surface area contributed by atoms with E-state index in [-0.39, 0.29) is 0 Å². The highest BCUT2D eigenvalue weighted by atomic mass is 15.2. The van der Waals surface area contributed by atoms with Gasteiger partial charge in [-0.15, -0.1) is 0 Å². The summed E-state index contributed by atoms with van der Waals surface area (Å²) in [6, 6.07) is 0.884. The molecule has 1 saturated heterocycles. The molecule has 0 radical (unpaired) electrons. The van der Waals surface area contributed by atoms with Crippen LogP contribution in [0, 0.1) is 5.92 Å². The first kappa shape index (κ1) is 12.4. The lowest BCUT2D eigenvalue weighted by Gasteiger charge is -2.39. The summed E-state index contributed by atoms with van der Waals surface area (Å²) in [6.45, 7) is 3.51. The fourth-order valence-electron chi connectivity index (χ4n) is 3.42. The highest BCUT2D eigenvalue weighted by molar-refractivity contribution is 4.80. The molecule has 94 valence electrons. The number of hydrogen-bond acceptors (Lipinski definition) is 2. The van der Waals surface area contributed by atoms with Crippen molar-refractivity contribution in [2.24, 2.45) is 11.7 Å². The van der Waals surface area contributed by atoms with Crippen LogP contribution in [0.4, 0.5) is 0 Å². The fraction of sp³-hybridized carbons (Fsp3) is 1.00. The Morgan fingerprint density at radius 1 is 0.875 bits per heavy atom. The summed E-state index contributed by atoms with van der Waals surface area (Å²) >= 11 is 0. The van der Waals surface area contributed by atoms with Crippen molar-refractivity contribution < 1.29 is 0 Å². The Morgan fingerprint density at radius 2 is 1.56 bits per heavy atom. The van der Waals surface area contributed by atoms with Gasteiger partial charge in [-0.25, -0.2) is 0 Å². The number of rotatable bonds is 2. The Hall–Kier alpha value is -0.0800. The first-order valence-corrected chi connectivity index (χ1v) is 7.34. The molecule has 1 aliphatic heterocycles. The molecule has 2 heteroatoms. The van der Waals surface area contributed by atoms with E-state index in [0.717, 1.165) is 18.5 Å². The highest BCUT2D eigenvalue weighted by Gasteiger charge is 2.25. The molecule has 2 rings (SSSR count). The van der Waals surface area contributed by atoms with Gasteiger partial charge in [-0.3, -0.25) is 0 Å². The molecule has 16 heavy (non-hydrogen) atoms. The van der Waals surface area contributed by atoms with E-state index in [2.05, 4.69) is 4.90 Å². The van der Waals surface area contributed by atoms with Gasteiger partial charge in [-0.2, -0.15) is 0 Å². The second kappa shape index (κ2) is 6.61. The van der Waals surface area contributed by atoms with E-state index in [4.69, 9.17) is 5.73 Å². The zero-order valence-electron chi connectivity index (χ0n) is 10.7. The lowest BCUT2D eigenvalue weighted by molar-refractivity contribution is 0.107. The van der Waals surface area contributed by atoms with Crippen LogP contribution in [-0.2, 0) is 0 Å². The standard InChI is InChI=1S/C14H28N2/c15-11-13-7-6-10-16(12-13)14-8-4-2-1-3-5-9-14/h13-14H,1-12,15H2. The first-order valence-electron chi connectivity index (χ1n) is 7.34. The van der Waals surface area contributed by atoms with Crippen molar-refractivity contribution in [3.8, 4) is 0 Å². The van der Waals surface area contributed by atoms with E-state index >= 15 is 0 Å². The third-order valence-electron chi connectivity index (χ3n) is 4.47. The molecule has 0 aromatic heterocycles. The molecule has 0 spiro atoms. The van der Waals surface area contributed by atoms with Gasteiger partial charge in [-0.1, -0.05) is 32.1 Å². The molecule has 1 heterocycles. The molecule has 0 aromatic carbocycles. The molecule has 1 saturated carbocycles. The van der Waals surface area contributed by atoms with E-state index in [1.54, 1.807) is 0 Å². The number of piperidine rings is 1. The molecule has 2 nitrogen and oxygen atoms in total. The lowest BCUT2D eigenvalue weighted by atomic mass is 9.91. The van der Waals surface area contributed by atoms with Crippen LogP contribution in [0.3, 0.4) is 0 Å². The predicted octanol–water partition coefficient (Wildman–Crippen LogP) is 2.77. The van der Waals surface area contributed by atoms with Crippen molar-refractivity contribution in [1.29, 1.82) is 0 Å². The molecule has 1 unspecified atom stereocenters. The highest BCUT2D eigenvalue weighted by Crippen LogP contribution is 2.25. The van der Waals surface area contributed by atoms with E-state index in [1.807, 2.05) is 0 Å². The monoisotopic (exact) mass is 224 g/mol.